The van der Waals surface area contributed by atoms with Crippen LogP contribution in [-0.2, 0) is 4.74 Å². The van der Waals surface area contributed by atoms with Crippen LogP contribution in [0, 0.1) is 0 Å². The van der Waals surface area contributed by atoms with E-state index >= 15 is 0 Å². The summed E-state index contributed by atoms with van der Waals surface area (Å²) in [4.78, 5) is 12.8. The van der Waals surface area contributed by atoms with E-state index in [-0.39, 0.29) is 0 Å². The van der Waals surface area contributed by atoms with Crippen molar-refractivity contribution in [2.45, 2.75) is 0 Å². The molecular formula is C12H9BrClNO2S. The van der Waals surface area contributed by atoms with Crippen LogP contribution >= 0.6 is 38.9 Å². The first-order valence-corrected chi connectivity index (χ1v) is 6.94. The van der Waals surface area contributed by atoms with E-state index in [9.17, 15) is 4.79 Å². The van der Waals surface area contributed by atoms with Crippen molar-refractivity contribution in [3.05, 3.63) is 38.6 Å². The van der Waals surface area contributed by atoms with E-state index in [1.54, 1.807) is 12.1 Å². The van der Waals surface area contributed by atoms with Crippen LogP contribution < -0.4 is 5.73 Å². The van der Waals surface area contributed by atoms with E-state index in [2.05, 4.69) is 20.7 Å². The van der Waals surface area contributed by atoms with Crippen LogP contribution in [0.4, 0.5) is 5.69 Å². The number of carbonyl (C=O) groups is 1. The summed E-state index contributed by atoms with van der Waals surface area (Å²) in [5, 5.41) is 0.625. The van der Waals surface area contributed by atoms with E-state index < -0.39 is 5.97 Å². The Bertz CT molecular complexity index is 612. The first-order valence-electron chi connectivity index (χ1n) is 4.96. The molecule has 18 heavy (non-hydrogen) atoms. The fraction of sp³-hybridized carbons (Fsp3) is 0.0833. The third-order valence-corrected chi connectivity index (χ3v) is 4.42. The first-order chi connectivity index (χ1) is 8.52. The minimum absolute atomic E-state index is 0.402. The molecular weight excluding hydrogens is 338 g/mol. The van der Waals surface area contributed by atoms with Crippen molar-refractivity contribution in [1.82, 2.24) is 0 Å². The number of ether oxygens (including phenoxy) is 1. The summed E-state index contributed by atoms with van der Waals surface area (Å²) >= 11 is 10.7. The third kappa shape index (κ3) is 2.53. The lowest BCUT2D eigenvalue weighted by atomic mass is 10.2. The molecule has 0 aliphatic rings. The Morgan fingerprint density at radius 2 is 2.17 bits per heavy atom. The van der Waals surface area contributed by atoms with Crippen LogP contribution in [-0.4, -0.2) is 13.1 Å². The van der Waals surface area contributed by atoms with Crippen molar-refractivity contribution < 1.29 is 9.53 Å². The molecule has 2 aromatic rings. The van der Waals surface area contributed by atoms with Crippen molar-refractivity contribution in [3.63, 3.8) is 0 Å². The number of halogens is 2. The first kappa shape index (κ1) is 13.4. The van der Waals surface area contributed by atoms with Gasteiger partial charge in [0, 0.05) is 19.9 Å². The van der Waals surface area contributed by atoms with Gasteiger partial charge in [-0.05, 0) is 24.3 Å². The molecule has 2 rings (SSSR count). The normalized spacial score (nSPS) is 10.4. The second-order valence-corrected chi connectivity index (χ2v) is 5.85. The summed E-state index contributed by atoms with van der Waals surface area (Å²) < 4.78 is 5.57. The predicted octanol–water partition coefficient (Wildman–Crippen LogP) is 4.20. The molecule has 0 saturated heterocycles. The van der Waals surface area contributed by atoms with Gasteiger partial charge in [0.15, 0.2) is 0 Å². The fourth-order valence-corrected chi connectivity index (χ4v) is 3.27. The minimum Gasteiger partial charge on any atom is -0.465 e. The largest absolute Gasteiger partial charge is 0.465 e. The van der Waals surface area contributed by atoms with Gasteiger partial charge >= 0.3 is 5.97 Å². The zero-order valence-corrected chi connectivity index (χ0v) is 12.5. The molecule has 0 atom stereocenters. The number of nitrogens with two attached hydrogens (primary N) is 1. The predicted molar refractivity (Wildman–Crippen MR) is 78.2 cm³/mol. The average molecular weight is 347 g/mol. The van der Waals surface area contributed by atoms with Gasteiger partial charge in [-0.15, -0.1) is 11.3 Å². The van der Waals surface area contributed by atoms with E-state index in [4.69, 9.17) is 17.3 Å². The molecule has 1 aromatic heterocycles. The number of nitrogen functional groups attached to an aromatic ring is 1. The SMILES string of the molecule is COC(=O)c1sc(-c2cc(Cl)ccc2Br)cc1N. The summed E-state index contributed by atoms with van der Waals surface area (Å²) in [6.45, 7) is 0. The second kappa shape index (κ2) is 5.30. The molecule has 3 nitrogen and oxygen atoms in total. The lowest BCUT2D eigenvalue weighted by Gasteiger charge is -2.01. The van der Waals surface area contributed by atoms with Gasteiger partial charge in [-0.1, -0.05) is 27.5 Å². The molecule has 0 aliphatic heterocycles. The lowest BCUT2D eigenvalue weighted by Crippen LogP contribution is -2.00. The zero-order chi connectivity index (χ0) is 13.3. The summed E-state index contributed by atoms with van der Waals surface area (Å²) in [5.74, 6) is -0.429. The molecule has 0 unspecified atom stereocenters. The average Bonchev–Trinajstić information content (AvgIpc) is 2.73. The minimum atomic E-state index is -0.429. The molecule has 94 valence electrons. The number of esters is 1. The maximum absolute atomic E-state index is 11.5. The monoisotopic (exact) mass is 345 g/mol. The Kier molecular flexibility index (Phi) is 3.94. The number of methoxy groups -OCH3 is 1. The van der Waals surface area contributed by atoms with Gasteiger partial charge in [-0.3, -0.25) is 0 Å². The van der Waals surface area contributed by atoms with Crippen LogP contribution in [0.5, 0.6) is 0 Å². The van der Waals surface area contributed by atoms with Crippen molar-refractivity contribution in [1.29, 1.82) is 0 Å². The van der Waals surface area contributed by atoms with E-state index in [0.29, 0.717) is 15.6 Å². The standard InChI is InChI=1S/C12H9BrClNO2S/c1-17-12(16)11-9(15)5-10(18-11)7-4-6(14)2-3-8(7)13/h2-5H,15H2,1H3. The molecule has 1 aromatic carbocycles. The number of benzene rings is 1. The molecule has 6 heteroatoms. The highest BCUT2D eigenvalue weighted by atomic mass is 79.9. The molecule has 0 radical (unpaired) electrons. The summed E-state index contributed by atoms with van der Waals surface area (Å²) in [6.07, 6.45) is 0. The molecule has 0 saturated carbocycles. The molecule has 0 amide bonds. The van der Waals surface area contributed by atoms with Crippen molar-refractivity contribution in [3.8, 4) is 10.4 Å². The van der Waals surface area contributed by atoms with Gasteiger partial charge in [0.05, 0.1) is 12.8 Å². The Labute approximate surface area is 122 Å². The molecule has 0 spiro atoms. The number of hydrogen-bond acceptors (Lipinski definition) is 4. The highest BCUT2D eigenvalue weighted by molar-refractivity contribution is 9.10. The Balaban J connectivity index is 2.52. The molecule has 0 aliphatic carbocycles. The van der Waals surface area contributed by atoms with Gasteiger partial charge in [-0.25, -0.2) is 4.79 Å². The number of anilines is 1. The highest BCUT2D eigenvalue weighted by Crippen LogP contribution is 2.38. The van der Waals surface area contributed by atoms with Gasteiger partial charge in [-0.2, -0.15) is 0 Å². The molecule has 2 N–H and O–H groups in total. The van der Waals surface area contributed by atoms with Crippen molar-refractivity contribution in [2.24, 2.45) is 0 Å². The van der Waals surface area contributed by atoms with Gasteiger partial charge in [0.1, 0.15) is 4.88 Å². The van der Waals surface area contributed by atoms with Crippen LogP contribution in [0.25, 0.3) is 10.4 Å². The number of carbonyl (C=O) groups excluding carboxylic acids is 1. The second-order valence-electron chi connectivity index (χ2n) is 3.51. The van der Waals surface area contributed by atoms with Crippen LogP contribution in [0.2, 0.25) is 5.02 Å². The topological polar surface area (TPSA) is 52.3 Å². The smallest absolute Gasteiger partial charge is 0.350 e. The van der Waals surface area contributed by atoms with E-state index in [0.717, 1.165) is 14.9 Å². The highest BCUT2D eigenvalue weighted by Gasteiger charge is 2.16. The Morgan fingerprint density at radius 3 is 2.83 bits per heavy atom. The van der Waals surface area contributed by atoms with Crippen LogP contribution in [0.3, 0.4) is 0 Å². The van der Waals surface area contributed by atoms with Crippen molar-refractivity contribution in [2.75, 3.05) is 12.8 Å². The van der Waals surface area contributed by atoms with Gasteiger partial charge in [0.25, 0.3) is 0 Å². The molecule has 1 heterocycles. The Hall–Kier alpha value is -1.04. The lowest BCUT2D eigenvalue weighted by molar-refractivity contribution is 0.0607. The molecule has 0 bridgehead atoms. The van der Waals surface area contributed by atoms with Crippen LogP contribution in [0.1, 0.15) is 9.67 Å². The van der Waals surface area contributed by atoms with Gasteiger partial charge < -0.3 is 10.5 Å². The number of thiophene rings is 1. The Morgan fingerprint density at radius 1 is 1.44 bits per heavy atom. The number of hydrogen-bond donors (Lipinski definition) is 1. The van der Waals surface area contributed by atoms with Crippen LogP contribution in [0.15, 0.2) is 28.7 Å². The quantitative estimate of drug-likeness (QED) is 0.829. The maximum atomic E-state index is 11.5. The fourth-order valence-electron chi connectivity index (χ4n) is 1.48. The third-order valence-electron chi connectivity index (χ3n) is 2.33. The van der Waals surface area contributed by atoms with Crippen molar-refractivity contribution >= 4 is 50.5 Å². The zero-order valence-electron chi connectivity index (χ0n) is 9.37. The van der Waals surface area contributed by atoms with Gasteiger partial charge in [0.2, 0.25) is 0 Å². The number of rotatable bonds is 2. The van der Waals surface area contributed by atoms with E-state index in [1.165, 1.54) is 18.4 Å². The maximum Gasteiger partial charge on any atom is 0.350 e. The summed E-state index contributed by atoms with van der Waals surface area (Å²) in [7, 11) is 1.33. The molecule has 0 fully saturated rings. The van der Waals surface area contributed by atoms with E-state index in [1.807, 2.05) is 12.1 Å². The summed E-state index contributed by atoms with van der Waals surface area (Å²) in [5.41, 5.74) is 7.11. The summed E-state index contributed by atoms with van der Waals surface area (Å²) in [6, 6.07) is 7.20.